The highest BCUT2D eigenvalue weighted by Gasteiger charge is 2.25. The summed E-state index contributed by atoms with van der Waals surface area (Å²) >= 11 is 0. The third-order valence-electron chi connectivity index (χ3n) is 7.12. The summed E-state index contributed by atoms with van der Waals surface area (Å²) in [5.41, 5.74) is 5.76. The van der Waals surface area contributed by atoms with Crippen LogP contribution in [0.3, 0.4) is 0 Å². The molecule has 0 saturated heterocycles. The van der Waals surface area contributed by atoms with E-state index >= 15 is 0 Å². The lowest BCUT2D eigenvalue weighted by atomic mass is 9.84. The van der Waals surface area contributed by atoms with Gasteiger partial charge in [0.1, 0.15) is 23.9 Å². The minimum Gasteiger partial charge on any atom is -0.497 e. The highest BCUT2D eigenvalue weighted by Crippen LogP contribution is 2.39. The van der Waals surface area contributed by atoms with Crippen LogP contribution in [0.5, 0.6) is 17.2 Å². The molecule has 1 fully saturated rings. The molecule has 0 atom stereocenters. The monoisotopic (exact) mass is 511 g/mol. The van der Waals surface area contributed by atoms with Gasteiger partial charge >= 0.3 is 0 Å². The Morgan fingerprint density at radius 2 is 1.74 bits per heavy atom. The van der Waals surface area contributed by atoms with Crippen LogP contribution in [-0.4, -0.2) is 49.4 Å². The number of rotatable bonds is 8. The number of tetrazole rings is 1. The maximum Gasteiger partial charge on any atom is 0.184 e. The van der Waals surface area contributed by atoms with E-state index in [9.17, 15) is 0 Å². The fourth-order valence-corrected chi connectivity index (χ4v) is 5.25. The average Bonchev–Trinajstić information content (AvgIpc) is 3.66. The maximum absolute atomic E-state index is 6.20. The summed E-state index contributed by atoms with van der Waals surface area (Å²) in [5, 5.41) is 19.1. The molecule has 0 unspecified atom stereocenters. The summed E-state index contributed by atoms with van der Waals surface area (Å²) in [6.45, 7) is 0.386. The number of aromatic nitrogens is 7. The van der Waals surface area contributed by atoms with Crippen molar-refractivity contribution >= 4 is 5.65 Å². The second-order valence-corrected chi connectivity index (χ2v) is 9.47. The molecule has 2 aromatic carbocycles. The molecule has 0 aliphatic heterocycles. The Balaban J connectivity index is 1.36. The van der Waals surface area contributed by atoms with Gasteiger partial charge in [-0.05, 0) is 58.7 Å². The van der Waals surface area contributed by atoms with Gasteiger partial charge in [0, 0.05) is 23.7 Å². The summed E-state index contributed by atoms with van der Waals surface area (Å²) in [4.78, 5) is 4.81. The first-order valence-corrected chi connectivity index (χ1v) is 12.8. The van der Waals surface area contributed by atoms with Crippen molar-refractivity contribution in [1.29, 1.82) is 0 Å². The molecule has 1 saturated carbocycles. The Bertz CT molecular complexity index is 1520. The number of ether oxygens (including phenoxy) is 3. The average molecular weight is 512 g/mol. The first-order chi connectivity index (χ1) is 18.7. The standard InChI is InChI=1S/C28H29N7O3/c1-36-22-11-18(12-23(14-22)37-2)17-38-21-10-6-9-20(13-21)24-15-29-28-25(27-31-33-34-32-27)16-30-35(28)26(24)19-7-4-3-5-8-19/h6,9-16,19H,3-5,7-8,17H2,1-2H3,(H,31,32,33,34). The van der Waals surface area contributed by atoms with Crippen LogP contribution in [0, 0.1) is 0 Å². The van der Waals surface area contributed by atoms with E-state index in [0.717, 1.165) is 58.0 Å². The minimum absolute atomic E-state index is 0.386. The lowest BCUT2D eigenvalue weighted by Crippen LogP contribution is -2.12. The van der Waals surface area contributed by atoms with Crippen LogP contribution in [0.25, 0.3) is 28.2 Å². The molecule has 1 N–H and O–H groups in total. The van der Waals surface area contributed by atoms with Gasteiger partial charge < -0.3 is 14.2 Å². The van der Waals surface area contributed by atoms with Gasteiger partial charge in [0.25, 0.3) is 0 Å². The van der Waals surface area contributed by atoms with Crippen LogP contribution in [-0.2, 0) is 6.61 Å². The normalized spacial score (nSPS) is 14.1. The van der Waals surface area contributed by atoms with E-state index in [4.69, 9.17) is 24.3 Å². The van der Waals surface area contributed by atoms with Crippen molar-refractivity contribution in [1.82, 2.24) is 35.2 Å². The van der Waals surface area contributed by atoms with E-state index in [0.29, 0.717) is 18.3 Å². The minimum atomic E-state index is 0.386. The molecule has 1 aliphatic carbocycles. The number of benzene rings is 2. The Morgan fingerprint density at radius 3 is 2.47 bits per heavy atom. The Morgan fingerprint density at radius 1 is 0.921 bits per heavy atom. The van der Waals surface area contributed by atoms with Gasteiger partial charge in [-0.2, -0.15) is 5.10 Å². The van der Waals surface area contributed by atoms with Crippen LogP contribution < -0.4 is 14.2 Å². The van der Waals surface area contributed by atoms with Crippen molar-refractivity contribution in [3.05, 3.63) is 66.1 Å². The van der Waals surface area contributed by atoms with Crippen molar-refractivity contribution in [3.8, 4) is 39.8 Å². The molecule has 10 heteroatoms. The van der Waals surface area contributed by atoms with Crippen molar-refractivity contribution in [2.75, 3.05) is 14.2 Å². The van der Waals surface area contributed by atoms with Crippen molar-refractivity contribution in [3.63, 3.8) is 0 Å². The molecule has 0 radical (unpaired) electrons. The van der Waals surface area contributed by atoms with E-state index in [-0.39, 0.29) is 0 Å². The van der Waals surface area contributed by atoms with E-state index in [1.54, 1.807) is 20.4 Å². The molecule has 3 heterocycles. The van der Waals surface area contributed by atoms with Crippen LogP contribution in [0.4, 0.5) is 0 Å². The fraction of sp³-hybridized carbons (Fsp3) is 0.321. The largest absolute Gasteiger partial charge is 0.497 e. The van der Waals surface area contributed by atoms with Crippen LogP contribution in [0.15, 0.2) is 54.9 Å². The molecule has 194 valence electrons. The van der Waals surface area contributed by atoms with Crippen molar-refractivity contribution in [2.45, 2.75) is 44.6 Å². The number of nitrogens with one attached hydrogen (secondary N) is 1. The summed E-state index contributed by atoms with van der Waals surface area (Å²) in [5.74, 6) is 3.17. The van der Waals surface area contributed by atoms with Crippen molar-refractivity contribution in [2.24, 2.45) is 0 Å². The second kappa shape index (κ2) is 10.5. The van der Waals surface area contributed by atoms with Gasteiger partial charge in [0.2, 0.25) is 0 Å². The second-order valence-electron chi connectivity index (χ2n) is 9.47. The van der Waals surface area contributed by atoms with Gasteiger partial charge in [-0.3, -0.25) is 0 Å². The molecule has 1 aliphatic rings. The zero-order valence-electron chi connectivity index (χ0n) is 21.4. The zero-order valence-corrected chi connectivity index (χ0v) is 21.4. The molecule has 5 aromatic rings. The van der Waals surface area contributed by atoms with Crippen LogP contribution in [0.2, 0.25) is 0 Å². The highest BCUT2D eigenvalue weighted by molar-refractivity contribution is 5.75. The first-order valence-electron chi connectivity index (χ1n) is 12.8. The fourth-order valence-electron chi connectivity index (χ4n) is 5.25. The summed E-state index contributed by atoms with van der Waals surface area (Å²) < 4.78 is 19.0. The first kappa shape index (κ1) is 23.9. The van der Waals surface area contributed by atoms with Crippen LogP contribution in [0.1, 0.15) is 49.3 Å². The maximum atomic E-state index is 6.20. The molecule has 6 rings (SSSR count). The molecule has 0 bridgehead atoms. The Kier molecular flexibility index (Phi) is 6.60. The summed E-state index contributed by atoms with van der Waals surface area (Å²) in [6.07, 6.45) is 9.66. The number of methoxy groups -OCH3 is 2. The Labute approximate surface area is 220 Å². The van der Waals surface area contributed by atoms with Gasteiger partial charge in [-0.15, -0.1) is 5.10 Å². The molecule has 10 nitrogen and oxygen atoms in total. The van der Waals surface area contributed by atoms with Gasteiger partial charge in [0.05, 0.1) is 31.7 Å². The number of aromatic amines is 1. The lowest BCUT2D eigenvalue weighted by Gasteiger charge is -2.25. The highest BCUT2D eigenvalue weighted by atomic mass is 16.5. The van der Waals surface area contributed by atoms with Gasteiger partial charge in [-0.1, -0.05) is 31.4 Å². The summed E-state index contributed by atoms with van der Waals surface area (Å²) in [6, 6.07) is 13.9. The number of H-pyrrole nitrogens is 1. The number of hydrogen-bond acceptors (Lipinski definition) is 8. The molecule has 3 aromatic heterocycles. The van der Waals surface area contributed by atoms with Gasteiger partial charge in [0.15, 0.2) is 11.5 Å². The molecular weight excluding hydrogens is 482 g/mol. The number of fused-ring (bicyclic) bond motifs is 1. The molecule has 0 amide bonds. The van der Waals surface area contributed by atoms with Gasteiger partial charge in [-0.25, -0.2) is 14.6 Å². The Hall–Kier alpha value is -4.47. The third kappa shape index (κ3) is 4.65. The topological polar surface area (TPSA) is 112 Å². The summed E-state index contributed by atoms with van der Waals surface area (Å²) in [7, 11) is 3.28. The van der Waals surface area contributed by atoms with E-state index in [2.05, 4.69) is 32.8 Å². The zero-order chi connectivity index (χ0) is 25.9. The molecular formula is C28H29N7O3. The SMILES string of the molecule is COc1cc(COc2cccc(-c3cnc4c(-c5nnn[nH]5)cnn4c3C3CCCCC3)c2)cc(OC)c1. The molecule has 38 heavy (non-hydrogen) atoms. The van der Waals surface area contributed by atoms with E-state index in [1.807, 2.05) is 41.0 Å². The molecule has 0 spiro atoms. The predicted molar refractivity (Wildman–Crippen MR) is 141 cm³/mol. The predicted octanol–water partition coefficient (Wildman–Crippen LogP) is 5.22. The quantitative estimate of drug-likeness (QED) is 0.302. The van der Waals surface area contributed by atoms with E-state index in [1.165, 1.54) is 25.0 Å². The number of hydrogen-bond donors (Lipinski definition) is 1. The number of nitrogens with zero attached hydrogens (tertiary/aromatic N) is 6. The lowest BCUT2D eigenvalue weighted by molar-refractivity contribution is 0.304. The van der Waals surface area contributed by atoms with Crippen LogP contribution >= 0.6 is 0 Å². The third-order valence-corrected chi connectivity index (χ3v) is 7.12. The van der Waals surface area contributed by atoms with E-state index < -0.39 is 0 Å². The smallest absolute Gasteiger partial charge is 0.184 e. The van der Waals surface area contributed by atoms with Crippen molar-refractivity contribution < 1.29 is 14.2 Å².